The highest BCUT2D eigenvalue weighted by Crippen LogP contribution is 2.32. The lowest BCUT2D eigenvalue weighted by molar-refractivity contribution is -0.302. The van der Waals surface area contributed by atoms with Crippen LogP contribution in [0.15, 0.2) is 121 Å². The molecule has 40 heavy (non-hydrogen) atoms. The van der Waals surface area contributed by atoms with Gasteiger partial charge in [0, 0.05) is 5.56 Å². The Kier molecular flexibility index (Phi) is 10.5. The maximum Gasteiger partial charge on any atom is 0.184 e. The minimum atomic E-state index is -0.661. The van der Waals surface area contributed by atoms with Crippen molar-refractivity contribution in [2.45, 2.75) is 50.5 Å². The molecule has 3 unspecified atom stereocenters. The molecular formula is C34H36O6. The first-order valence-electron chi connectivity index (χ1n) is 13.7. The highest BCUT2D eigenvalue weighted by Gasteiger charge is 2.43. The van der Waals surface area contributed by atoms with E-state index in [-0.39, 0.29) is 6.61 Å². The van der Waals surface area contributed by atoms with E-state index in [0.29, 0.717) is 26.4 Å². The van der Waals surface area contributed by atoms with E-state index in [4.69, 9.17) is 23.7 Å². The highest BCUT2D eigenvalue weighted by atomic mass is 16.7. The van der Waals surface area contributed by atoms with E-state index in [2.05, 4.69) is 0 Å². The number of aliphatic hydroxyl groups is 1. The predicted molar refractivity (Wildman–Crippen MR) is 152 cm³/mol. The van der Waals surface area contributed by atoms with Crippen LogP contribution in [-0.4, -0.2) is 42.7 Å². The van der Waals surface area contributed by atoms with E-state index >= 15 is 0 Å². The van der Waals surface area contributed by atoms with Crippen molar-refractivity contribution >= 4 is 0 Å². The molecular weight excluding hydrogens is 504 g/mol. The van der Waals surface area contributed by atoms with Crippen molar-refractivity contribution < 1.29 is 28.8 Å². The van der Waals surface area contributed by atoms with E-state index in [0.717, 1.165) is 22.3 Å². The second-order valence-electron chi connectivity index (χ2n) is 9.79. The quantitative estimate of drug-likeness (QED) is 0.230. The monoisotopic (exact) mass is 540 g/mol. The van der Waals surface area contributed by atoms with Gasteiger partial charge in [-0.1, -0.05) is 121 Å². The van der Waals surface area contributed by atoms with E-state index in [1.54, 1.807) is 0 Å². The second-order valence-corrected chi connectivity index (χ2v) is 9.79. The zero-order chi connectivity index (χ0) is 27.4. The molecule has 0 aromatic heterocycles. The van der Waals surface area contributed by atoms with Gasteiger partial charge in [-0.25, -0.2) is 0 Å². The van der Waals surface area contributed by atoms with Crippen LogP contribution in [0.25, 0.3) is 0 Å². The summed E-state index contributed by atoms with van der Waals surface area (Å²) in [6, 6.07) is 39.7. The van der Waals surface area contributed by atoms with E-state index in [1.165, 1.54) is 0 Å². The Hall–Kier alpha value is -3.36. The summed E-state index contributed by atoms with van der Waals surface area (Å²) in [6.45, 7) is 1.12. The van der Waals surface area contributed by atoms with Crippen LogP contribution in [-0.2, 0) is 43.5 Å². The lowest BCUT2D eigenvalue weighted by atomic mass is 10.0. The van der Waals surface area contributed by atoms with E-state index < -0.39 is 30.7 Å². The summed E-state index contributed by atoms with van der Waals surface area (Å²) in [4.78, 5) is 0. The van der Waals surface area contributed by atoms with Crippen LogP contribution in [0.3, 0.4) is 0 Å². The Bertz CT molecular complexity index is 1190. The summed E-state index contributed by atoms with van der Waals surface area (Å²) in [7, 11) is 0. The average molecular weight is 541 g/mol. The first-order valence-corrected chi connectivity index (χ1v) is 13.7. The Labute approximate surface area is 236 Å². The van der Waals surface area contributed by atoms with Gasteiger partial charge in [0.1, 0.15) is 24.4 Å². The molecule has 1 heterocycles. The molecule has 0 aliphatic carbocycles. The van der Waals surface area contributed by atoms with Crippen molar-refractivity contribution in [3.05, 3.63) is 144 Å². The molecule has 5 atom stereocenters. The Balaban J connectivity index is 1.40. The van der Waals surface area contributed by atoms with Crippen LogP contribution in [0.5, 0.6) is 0 Å². The maximum atomic E-state index is 10.5. The molecule has 6 heteroatoms. The summed E-state index contributed by atoms with van der Waals surface area (Å²) < 4.78 is 31.9. The number of hydrogen-bond acceptors (Lipinski definition) is 6. The number of rotatable bonds is 13. The first-order chi connectivity index (χ1) is 19.8. The SMILES string of the molecule is OC[C@H](OCc1ccccc1)C(OCc1ccccc1)C1OC(c2ccccc2)OC[C@@H]1OCc1ccccc1. The van der Waals surface area contributed by atoms with Crippen molar-refractivity contribution in [2.24, 2.45) is 0 Å². The minimum absolute atomic E-state index is 0.242. The van der Waals surface area contributed by atoms with Crippen LogP contribution < -0.4 is 0 Å². The molecule has 1 aliphatic heterocycles. The van der Waals surface area contributed by atoms with Crippen molar-refractivity contribution in [2.75, 3.05) is 13.2 Å². The smallest absolute Gasteiger partial charge is 0.184 e. The van der Waals surface area contributed by atoms with Crippen molar-refractivity contribution in [3.8, 4) is 0 Å². The van der Waals surface area contributed by atoms with Crippen molar-refractivity contribution in [3.63, 3.8) is 0 Å². The Morgan fingerprint density at radius 2 is 1.15 bits per heavy atom. The third-order valence-electron chi connectivity index (χ3n) is 6.90. The molecule has 4 aromatic carbocycles. The number of ether oxygens (including phenoxy) is 5. The molecule has 0 amide bonds. The molecule has 1 aliphatic rings. The van der Waals surface area contributed by atoms with E-state index in [1.807, 2.05) is 121 Å². The first kappa shape index (κ1) is 28.2. The van der Waals surface area contributed by atoms with Gasteiger partial charge in [-0.2, -0.15) is 0 Å². The van der Waals surface area contributed by atoms with Crippen LogP contribution in [0.4, 0.5) is 0 Å². The lowest BCUT2D eigenvalue weighted by Crippen LogP contribution is -2.54. The van der Waals surface area contributed by atoms with Gasteiger partial charge in [0.05, 0.1) is 33.0 Å². The second kappa shape index (κ2) is 14.9. The van der Waals surface area contributed by atoms with Gasteiger partial charge in [0.25, 0.3) is 0 Å². The fourth-order valence-corrected chi connectivity index (χ4v) is 4.75. The summed E-state index contributed by atoms with van der Waals surface area (Å²) in [5.41, 5.74) is 3.98. The van der Waals surface area contributed by atoms with Gasteiger partial charge >= 0.3 is 0 Å². The molecule has 0 saturated carbocycles. The largest absolute Gasteiger partial charge is 0.394 e. The average Bonchev–Trinajstić information content (AvgIpc) is 3.03. The van der Waals surface area contributed by atoms with Crippen LogP contribution in [0, 0.1) is 0 Å². The van der Waals surface area contributed by atoms with Gasteiger partial charge in [-0.15, -0.1) is 0 Å². The summed E-state index contributed by atoms with van der Waals surface area (Å²) in [5.74, 6) is 0. The molecule has 4 aromatic rings. The Morgan fingerprint density at radius 3 is 1.70 bits per heavy atom. The van der Waals surface area contributed by atoms with Crippen LogP contribution in [0.2, 0.25) is 0 Å². The van der Waals surface area contributed by atoms with Crippen molar-refractivity contribution in [1.29, 1.82) is 0 Å². The number of aliphatic hydroxyl groups excluding tert-OH is 1. The third kappa shape index (κ3) is 7.86. The Morgan fingerprint density at radius 1 is 0.650 bits per heavy atom. The standard InChI is InChI=1S/C34H36O6/c35-21-30(36-22-26-13-5-1-6-14-26)32(38-24-28-17-9-3-10-18-28)33-31(37-23-27-15-7-2-8-16-27)25-39-34(40-33)29-19-11-4-12-20-29/h1-20,30-35H,21-25H2/t30-,31-,32?,33?,34?/m0/s1. The van der Waals surface area contributed by atoms with Crippen LogP contribution >= 0.6 is 0 Å². The number of hydrogen-bond donors (Lipinski definition) is 1. The molecule has 5 rings (SSSR count). The molecule has 0 radical (unpaired) electrons. The summed E-state index contributed by atoms with van der Waals surface area (Å²) >= 11 is 0. The minimum Gasteiger partial charge on any atom is -0.394 e. The summed E-state index contributed by atoms with van der Waals surface area (Å²) in [5, 5.41) is 10.5. The molecule has 6 nitrogen and oxygen atoms in total. The van der Waals surface area contributed by atoms with E-state index in [9.17, 15) is 5.11 Å². The summed E-state index contributed by atoms with van der Waals surface area (Å²) in [6.07, 6.45) is -2.91. The third-order valence-corrected chi connectivity index (χ3v) is 6.90. The number of benzene rings is 4. The topological polar surface area (TPSA) is 66.4 Å². The highest BCUT2D eigenvalue weighted by molar-refractivity contribution is 5.18. The fourth-order valence-electron chi connectivity index (χ4n) is 4.75. The molecule has 0 bridgehead atoms. The van der Waals surface area contributed by atoms with Crippen LogP contribution in [0.1, 0.15) is 28.5 Å². The van der Waals surface area contributed by atoms with Gasteiger partial charge in [-0.05, 0) is 16.7 Å². The zero-order valence-corrected chi connectivity index (χ0v) is 22.5. The molecule has 1 saturated heterocycles. The molecule has 0 spiro atoms. The fraction of sp³-hybridized carbons (Fsp3) is 0.294. The zero-order valence-electron chi connectivity index (χ0n) is 22.5. The van der Waals surface area contributed by atoms with Gasteiger partial charge < -0.3 is 28.8 Å². The molecule has 1 fully saturated rings. The molecule has 208 valence electrons. The predicted octanol–water partition coefficient (Wildman–Crippen LogP) is 5.85. The molecule has 1 N–H and O–H groups in total. The lowest BCUT2D eigenvalue weighted by Gasteiger charge is -2.42. The van der Waals surface area contributed by atoms with Gasteiger partial charge in [0.2, 0.25) is 0 Å². The van der Waals surface area contributed by atoms with Crippen molar-refractivity contribution in [1.82, 2.24) is 0 Å². The maximum absolute atomic E-state index is 10.5. The van der Waals surface area contributed by atoms with Gasteiger partial charge in [-0.3, -0.25) is 0 Å². The van der Waals surface area contributed by atoms with Gasteiger partial charge in [0.15, 0.2) is 6.29 Å². The normalized spacial score (nSPS) is 20.6.